The van der Waals surface area contributed by atoms with Gasteiger partial charge in [0.25, 0.3) is 0 Å². The third kappa shape index (κ3) is 4.38. The molecule has 1 aromatic rings. The van der Waals surface area contributed by atoms with Gasteiger partial charge >= 0.3 is 12.1 Å². The Hall–Kier alpha value is -0.950. The largest absolute Gasteiger partial charge is 0.465 e. The Balaban J connectivity index is 2.72. The first kappa shape index (κ1) is 15.1. The molecule has 0 radical (unpaired) electrons. The molecule has 0 unspecified atom stereocenters. The normalized spacial score (nSPS) is 11.4. The van der Waals surface area contributed by atoms with Crippen LogP contribution in [0.5, 0.6) is 0 Å². The van der Waals surface area contributed by atoms with Gasteiger partial charge < -0.3 is 4.74 Å². The van der Waals surface area contributed by atoms with Crippen molar-refractivity contribution in [2.75, 3.05) is 12.4 Å². The van der Waals surface area contributed by atoms with Gasteiger partial charge in [-0.1, -0.05) is 23.4 Å². The van der Waals surface area contributed by atoms with E-state index in [-0.39, 0.29) is 22.4 Å². The predicted octanol–water partition coefficient (Wildman–Crippen LogP) is 3.41. The van der Waals surface area contributed by atoms with Crippen LogP contribution >= 0.6 is 23.4 Å². The molecule has 0 atom stereocenters. The van der Waals surface area contributed by atoms with Crippen molar-refractivity contribution in [3.8, 4) is 0 Å². The zero-order chi connectivity index (χ0) is 13.8. The lowest BCUT2D eigenvalue weighted by Crippen LogP contribution is -2.08. The molecule has 0 aliphatic heterocycles. The van der Waals surface area contributed by atoms with Crippen molar-refractivity contribution >= 4 is 29.3 Å². The SMILES string of the molecule is CCOC(=O)CSc1ncc(C(F)(F)F)cc1Cl. The Kier molecular flexibility index (Phi) is 5.28. The van der Waals surface area contributed by atoms with Crippen LogP contribution in [0.15, 0.2) is 17.3 Å². The number of ether oxygens (including phenoxy) is 1. The van der Waals surface area contributed by atoms with Crippen LogP contribution in [0.25, 0.3) is 0 Å². The van der Waals surface area contributed by atoms with Crippen molar-refractivity contribution in [1.82, 2.24) is 4.98 Å². The summed E-state index contributed by atoms with van der Waals surface area (Å²) in [5.41, 5.74) is -0.923. The highest BCUT2D eigenvalue weighted by atomic mass is 35.5. The topological polar surface area (TPSA) is 39.2 Å². The molecule has 3 nitrogen and oxygen atoms in total. The molecule has 0 saturated heterocycles. The molecule has 0 spiro atoms. The van der Waals surface area contributed by atoms with Crippen molar-refractivity contribution in [2.24, 2.45) is 0 Å². The number of rotatable bonds is 4. The van der Waals surface area contributed by atoms with E-state index in [9.17, 15) is 18.0 Å². The second-order valence-corrected chi connectivity index (χ2v) is 4.47. The number of nitrogens with zero attached hydrogens (tertiary/aromatic N) is 1. The highest BCUT2D eigenvalue weighted by Gasteiger charge is 2.31. The van der Waals surface area contributed by atoms with Gasteiger partial charge in [0.1, 0.15) is 5.03 Å². The summed E-state index contributed by atoms with van der Waals surface area (Å²) in [4.78, 5) is 14.6. The average Bonchev–Trinajstić information content (AvgIpc) is 2.26. The van der Waals surface area contributed by atoms with Crippen molar-refractivity contribution in [3.63, 3.8) is 0 Å². The van der Waals surface area contributed by atoms with Crippen LogP contribution in [0.4, 0.5) is 13.2 Å². The Morgan fingerprint density at radius 3 is 2.72 bits per heavy atom. The van der Waals surface area contributed by atoms with Gasteiger partial charge in [-0.25, -0.2) is 4.98 Å². The number of carbonyl (C=O) groups excluding carboxylic acids is 1. The van der Waals surface area contributed by atoms with Crippen molar-refractivity contribution < 1.29 is 22.7 Å². The fourth-order valence-electron chi connectivity index (χ4n) is 1.02. The maximum absolute atomic E-state index is 12.3. The molecule has 0 saturated carbocycles. The lowest BCUT2D eigenvalue weighted by atomic mass is 10.3. The predicted molar refractivity (Wildman–Crippen MR) is 61.6 cm³/mol. The minimum Gasteiger partial charge on any atom is -0.465 e. The fourth-order valence-corrected chi connectivity index (χ4v) is 2.01. The van der Waals surface area contributed by atoms with E-state index >= 15 is 0 Å². The third-order valence-corrected chi connectivity index (χ3v) is 3.15. The number of esters is 1. The summed E-state index contributed by atoms with van der Waals surface area (Å²) in [6.07, 6.45) is -3.81. The summed E-state index contributed by atoms with van der Waals surface area (Å²) >= 11 is 6.59. The molecule has 0 N–H and O–H groups in total. The monoisotopic (exact) mass is 299 g/mol. The summed E-state index contributed by atoms with van der Waals surface area (Å²) < 4.78 is 41.7. The molecular weight excluding hydrogens is 291 g/mol. The van der Waals surface area contributed by atoms with E-state index in [0.717, 1.165) is 17.8 Å². The molecule has 1 aromatic heterocycles. The number of aromatic nitrogens is 1. The Bertz CT molecular complexity index is 440. The van der Waals surface area contributed by atoms with Gasteiger partial charge in [0.2, 0.25) is 0 Å². The van der Waals surface area contributed by atoms with E-state index < -0.39 is 17.7 Å². The van der Waals surface area contributed by atoms with Crippen LogP contribution in [0.3, 0.4) is 0 Å². The molecule has 0 fully saturated rings. The van der Waals surface area contributed by atoms with E-state index in [1.54, 1.807) is 6.92 Å². The average molecular weight is 300 g/mol. The van der Waals surface area contributed by atoms with Gasteiger partial charge in [0.15, 0.2) is 0 Å². The van der Waals surface area contributed by atoms with Crippen LogP contribution in [0.1, 0.15) is 12.5 Å². The number of halogens is 4. The van der Waals surface area contributed by atoms with E-state index in [0.29, 0.717) is 6.20 Å². The third-order valence-electron chi connectivity index (χ3n) is 1.77. The highest BCUT2D eigenvalue weighted by molar-refractivity contribution is 8.00. The van der Waals surface area contributed by atoms with E-state index in [1.807, 2.05) is 0 Å². The number of hydrogen-bond acceptors (Lipinski definition) is 4. The summed E-state index contributed by atoms with van der Waals surface area (Å²) in [5, 5.41) is 0.0249. The standard InChI is InChI=1S/C10H9ClF3NO2S/c1-2-17-8(16)5-18-9-7(11)3-6(4-15-9)10(12,13)14/h3-4H,2,5H2,1H3. The number of hydrogen-bond donors (Lipinski definition) is 0. The number of alkyl halides is 3. The molecule has 0 aromatic carbocycles. The zero-order valence-corrected chi connectivity index (χ0v) is 10.8. The number of carbonyl (C=O) groups is 1. The van der Waals surface area contributed by atoms with Crippen LogP contribution in [0, 0.1) is 0 Å². The van der Waals surface area contributed by atoms with Crippen LogP contribution in [-0.2, 0) is 15.7 Å². The maximum atomic E-state index is 12.3. The highest BCUT2D eigenvalue weighted by Crippen LogP contribution is 2.33. The molecule has 100 valence electrons. The second-order valence-electron chi connectivity index (χ2n) is 3.10. The summed E-state index contributed by atoms with van der Waals surface area (Å²) in [7, 11) is 0. The molecule has 0 bridgehead atoms. The van der Waals surface area contributed by atoms with Gasteiger partial charge in [0.05, 0.1) is 22.9 Å². The van der Waals surface area contributed by atoms with E-state index in [1.165, 1.54) is 0 Å². The number of pyridine rings is 1. The van der Waals surface area contributed by atoms with Crippen molar-refractivity contribution in [3.05, 3.63) is 22.8 Å². The molecule has 18 heavy (non-hydrogen) atoms. The molecule has 0 aliphatic rings. The van der Waals surface area contributed by atoms with Gasteiger partial charge in [-0.3, -0.25) is 4.79 Å². The van der Waals surface area contributed by atoms with Gasteiger partial charge in [-0.15, -0.1) is 0 Å². The molecular formula is C10H9ClF3NO2S. The maximum Gasteiger partial charge on any atom is 0.417 e. The Morgan fingerprint density at radius 1 is 1.56 bits per heavy atom. The minimum absolute atomic E-state index is 0.0497. The van der Waals surface area contributed by atoms with Crippen molar-refractivity contribution in [2.45, 2.75) is 18.1 Å². The molecule has 1 heterocycles. The summed E-state index contributed by atoms with van der Waals surface area (Å²) in [5.74, 6) is -0.522. The first-order chi connectivity index (χ1) is 8.34. The fraction of sp³-hybridized carbons (Fsp3) is 0.400. The van der Waals surface area contributed by atoms with Gasteiger partial charge in [-0.05, 0) is 13.0 Å². The molecule has 0 aliphatic carbocycles. The molecule has 1 rings (SSSR count). The lowest BCUT2D eigenvalue weighted by molar-refractivity contribution is -0.140. The first-order valence-corrected chi connectivity index (χ1v) is 6.22. The second kappa shape index (κ2) is 6.29. The van der Waals surface area contributed by atoms with Crippen LogP contribution in [-0.4, -0.2) is 23.3 Å². The Morgan fingerprint density at radius 2 is 2.22 bits per heavy atom. The lowest BCUT2D eigenvalue weighted by Gasteiger charge is -2.08. The minimum atomic E-state index is -4.49. The molecule has 8 heteroatoms. The Labute approximate surface area is 111 Å². The molecule has 0 amide bonds. The van der Waals surface area contributed by atoms with Crippen LogP contribution < -0.4 is 0 Å². The van der Waals surface area contributed by atoms with E-state index in [4.69, 9.17) is 11.6 Å². The zero-order valence-electron chi connectivity index (χ0n) is 9.25. The quantitative estimate of drug-likeness (QED) is 0.631. The summed E-state index contributed by atoms with van der Waals surface area (Å²) in [6, 6.07) is 0.780. The number of thioether (sulfide) groups is 1. The van der Waals surface area contributed by atoms with Gasteiger partial charge in [-0.2, -0.15) is 13.2 Å². The van der Waals surface area contributed by atoms with Crippen molar-refractivity contribution in [1.29, 1.82) is 0 Å². The smallest absolute Gasteiger partial charge is 0.417 e. The van der Waals surface area contributed by atoms with E-state index in [2.05, 4.69) is 9.72 Å². The first-order valence-electron chi connectivity index (χ1n) is 4.85. The van der Waals surface area contributed by atoms with Crippen LogP contribution in [0.2, 0.25) is 5.02 Å². The summed E-state index contributed by atoms with van der Waals surface area (Å²) in [6.45, 7) is 1.90. The van der Waals surface area contributed by atoms with Gasteiger partial charge in [0, 0.05) is 6.20 Å².